The Morgan fingerprint density at radius 1 is 1.50 bits per heavy atom. The van der Waals surface area contributed by atoms with Crippen LogP contribution < -0.4 is 5.73 Å². The van der Waals surface area contributed by atoms with Crippen molar-refractivity contribution in [1.82, 2.24) is 4.90 Å². The van der Waals surface area contributed by atoms with Gasteiger partial charge in [-0.05, 0) is 12.5 Å². The number of amides is 1. The maximum Gasteiger partial charge on any atom is 0.230 e. The van der Waals surface area contributed by atoms with Crippen LogP contribution in [-0.2, 0) is 9.53 Å². The van der Waals surface area contributed by atoms with E-state index in [0.717, 1.165) is 5.56 Å². The number of nitrogens with two attached hydrogens (primary N) is 1. The van der Waals surface area contributed by atoms with E-state index in [1.807, 2.05) is 42.2 Å². The third-order valence-corrected chi connectivity index (χ3v) is 3.45. The van der Waals surface area contributed by atoms with Crippen LogP contribution in [0.5, 0.6) is 0 Å². The van der Waals surface area contributed by atoms with Crippen molar-refractivity contribution in [2.24, 2.45) is 5.73 Å². The second kappa shape index (κ2) is 5.98. The van der Waals surface area contributed by atoms with E-state index in [0.29, 0.717) is 26.3 Å². The minimum atomic E-state index is -0.127. The second-order valence-corrected chi connectivity index (χ2v) is 4.63. The van der Waals surface area contributed by atoms with Gasteiger partial charge in [0.05, 0.1) is 25.2 Å². The third-order valence-electron chi connectivity index (χ3n) is 3.45. The summed E-state index contributed by atoms with van der Waals surface area (Å²) in [7, 11) is 0. The number of nitrogens with zero attached hydrogens (tertiary/aromatic N) is 1. The molecule has 0 aromatic heterocycles. The van der Waals surface area contributed by atoms with Gasteiger partial charge in [-0.1, -0.05) is 30.3 Å². The molecule has 0 aliphatic carbocycles. The number of hydrogen-bond donors (Lipinski definition) is 1. The monoisotopic (exact) mass is 248 g/mol. The van der Waals surface area contributed by atoms with Gasteiger partial charge < -0.3 is 15.4 Å². The summed E-state index contributed by atoms with van der Waals surface area (Å²) in [6.07, 6.45) is 0. The summed E-state index contributed by atoms with van der Waals surface area (Å²) in [6, 6.07) is 9.86. The first-order valence-corrected chi connectivity index (χ1v) is 6.37. The highest BCUT2D eigenvalue weighted by atomic mass is 16.5. The van der Waals surface area contributed by atoms with Gasteiger partial charge in [-0.15, -0.1) is 0 Å². The van der Waals surface area contributed by atoms with Crippen LogP contribution in [-0.4, -0.2) is 43.2 Å². The van der Waals surface area contributed by atoms with Crippen molar-refractivity contribution in [3.05, 3.63) is 35.9 Å². The number of morpholine rings is 1. The summed E-state index contributed by atoms with van der Waals surface area (Å²) in [5.41, 5.74) is 6.74. The maximum absolute atomic E-state index is 12.5. The van der Waals surface area contributed by atoms with Crippen molar-refractivity contribution in [3.8, 4) is 0 Å². The van der Waals surface area contributed by atoms with E-state index in [4.69, 9.17) is 10.5 Å². The molecular weight excluding hydrogens is 228 g/mol. The van der Waals surface area contributed by atoms with Crippen LogP contribution in [0.15, 0.2) is 30.3 Å². The Hall–Kier alpha value is -1.39. The molecule has 1 aliphatic rings. The van der Waals surface area contributed by atoms with E-state index in [2.05, 4.69) is 0 Å². The molecule has 1 aliphatic heterocycles. The molecule has 1 saturated heterocycles. The standard InChI is InChI=1S/C14H20N2O2/c1-11(12-5-3-2-4-6-12)14(17)16-7-8-18-10-13(16)9-15/h2-6,11,13H,7-10,15H2,1H3. The van der Waals surface area contributed by atoms with Crippen LogP contribution in [0.4, 0.5) is 0 Å². The van der Waals surface area contributed by atoms with Gasteiger partial charge in [0.15, 0.2) is 0 Å². The summed E-state index contributed by atoms with van der Waals surface area (Å²) in [6.45, 7) is 4.18. The van der Waals surface area contributed by atoms with Crippen molar-refractivity contribution >= 4 is 5.91 Å². The molecule has 4 heteroatoms. The zero-order chi connectivity index (χ0) is 13.0. The molecule has 4 nitrogen and oxygen atoms in total. The first-order valence-electron chi connectivity index (χ1n) is 6.37. The minimum Gasteiger partial charge on any atom is -0.377 e. The first kappa shape index (κ1) is 13.1. The van der Waals surface area contributed by atoms with E-state index < -0.39 is 0 Å². The number of hydrogen-bond acceptors (Lipinski definition) is 3. The van der Waals surface area contributed by atoms with Gasteiger partial charge in [0.1, 0.15) is 0 Å². The molecule has 1 aromatic carbocycles. The Balaban J connectivity index is 2.10. The summed E-state index contributed by atoms with van der Waals surface area (Å²) < 4.78 is 5.36. The SMILES string of the molecule is CC(C(=O)N1CCOCC1CN)c1ccccc1. The normalized spacial score (nSPS) is 21.7. The quantitative estimate of drug-likeness (QED) is 0.867. The highest BCUT2D eigenvalue weighted by Crippen LogP contribution is 2.20. The molecule has 1 amide bonds. The van der Waals surface area contributed by atoms with Gasteiger partial charge in [0.2, 0.25) is 5.91 Å². The Morgan fingerprint density at radius 2 is 2.22 bits per heavy atom. The predicted octanol–water partition coefficient (Wildman–Crippen LogP) is 0.976. The number of carbonyl (C=O) groups excluding carboxylic acids is 1. The van der Waals surface area contributed by atoms with Crippen LogP contribution in [0.3, 0.4) is 0 Å². The fourth-order valence-electron chi connectivity index (χ4n) is 2.27. The first-order chi connectivity index (χ1) is 8.74. The Bertz CT molecular complexity index is 394. The van der Waals surface area contributed by atoms with E-state index in [1.54, 1.807) is 0 Å². The summed E-state index contributed by atoms with van der Waals surface area (Å²) in [4.78, 5) is 14.3. The molecule has 0 spiro atoms. The molecule has 2 rings (SSSR count). The maximum atomic E-state index is 12.5. The number of rotatable bonds is 3. The molecule has 0 bridgehead atoms. The van der Waals surface area contributed by atoms with Crippen LogP contribution in [0.2, 0.25) is 0 Å². The molecule has 1 fully saturated rings. The fraction of sp³-hybridized carbons (Fsp3) is 0.500. The third kappa shape index (κ3) is 2.71. The predicted molar refractivity (Wildman–Crippen MR) is 70.2 cm³/mol. The highest BCUT2D eigenvalue weighted by Gasteiger charge is 2.29. The number of carbonyl (C=O) groups is 1. The lowest BCUT2D eigenvalue weighted by atomic mass is 9.99. The average molecular weight is 248 g/mol. The molecule has 1 aromatic rings. The molecule has 0 radical (unpaired) electrons. The molecule has 2 unspecified atom stereocenters. The zero-order valence-corrected chi connectivity index (χ0v) is 10.7. The lowest BCUT2D eigenvalue weighted by Crippen LogP contribution is -2.53. The number of benzene rings is 1. The van der Waals surface area contributed by atoms with Crippen LogP contribution in [0, 0.1) is 0 Å². The average Bonchev–Trinajstić information content (AvgIpc) is 2.46. The molecule has 2 N–H and O–H groups in total. The molecule has 0 saturated carbocycles. The molecule has 18 heavy (non-hydrogen) atoms. The Labute approximate surface area is 108 Å². The summed E-state index contributed by atoms with van der Waals surface area (Å²) in [5, 5.41) is 0. The van der Waals surface area contributed by atoms with Crippen LogP contribution >= 0.6 is 0 Å². The zero-order valence-electron chi connectivity index (χ0n) is 10.7. The van der Waals surface area contributed by atoms with Crippen LogP contribution in [0.25, 0.3) is 0 Å². The van der Waals surface area contributed by atoms with E-state index in [9.17, 15) is 4.79 Å². The lowest BCUT2D eigenvalue weighted by molar-refractivity contribution is -0.140. The van der Waals surface area contributed by atoms with E-state index >= 15 is 0 Å². The Kier molecular flexibility index (Phi) is 4.33. The van der Waals surface area contributed by atoms with Gasteiger partial charge in [-0.2, -0.15) is 0 Å². The smallest absolute Gasteiger partial charge is 0.230 e. The largest absolute Gasteiger partial charge is 0.377 e. The Morgan fingerprint density at radius 3 is 2.89 bits per heavy atom. The van der Waals surface area contributed by atoms with Gasteiger partial charge in [0, 0.05) is 13.1 Å². The lowest BCUT2D eigenvalue weighted by Gasteiger charge is -2.36. The van der Waals surface area contributed by atoms with Crippen molar-refractivity contribution in [1.29, 1.82) is 0 Å². The van der Waals surface area contributed by atoms with E-state index in [1.165, 1.54) is 0 Å². The van der Waals surface area contributed by atoms with Gasteiger partial charge in [-0.25, -0.2) is 0 Å². The van der Waals surface area contributed by atoms with Crippen molar-refractivity contribution in [2.75, 3.05) is 26.3 Å². The molecule has 2 atom stereocenters. The number of ether oxygens (including phenoxy) is 1. The molecule has 1 heterocycles. The van der Waals surface area contributed by atoms with Crippen molar-refractivity contribution in [3.63, 3.8) is 0 Å². The van der Waals surface area contributed by atoms with Crippen molar-refractivity contribution < 1.29 is 9.53 Å². The molecular formula is C14H20N2O2. The van der Waals surface area contributed by atoms with Crippen molar-refractivity contribution in [2.45, 2.75) is 18.9 Å². The van der Waals surface area contributed by atoms with Gasteiger partial charge in [-0.3, -0.25) is 4.79 Å². The fourth-order valence-corrected chi connectivity index (χ4v) is 2.27. The summed E-state index contributed by atoms with van der Waals surface area (Å²) >= 11 is 0. The topological polar surface area (TPSA) is 55.6 Å². The van der Waals surface area contributed by atoms with Crippen LogP contribution in [0.1, 0.15) is 18.4 Å². The second-order valence-electron chi connectivity index (χ2n) is 4.63. The summed E-state index contributed by atoms with van der Waals surface area (Å²) in [5.74, 6) is 0.0123. The van der Waals surface area contributed by atoms with Gasteiger partial charge in [0.25, 0.3) is 0 Å². The van der Waals surface area contributed by atoms with Gasteiger partial charge >= 0.3 is 0 Å². The van der Waals surface area contributed by atoms with E-state index in [-0.39, 0.29) is 17.9 Å². The highest BCUT2D eigenvalue weighted by molar-refractivity contribution is 5.83. The minimum absolute atomic E-state index is 0.0115. The molecule has 98 valence electrons.